The summed E-state index contributed by atoms with van der Waals surface area (Å²) in [4.78, 5) is 21.7. The fraction of sp³-hybridized carbons (Fsp3) is 0.0833. The van der Waals surface area contributed by atoms with E-state index < -0.39 is 10.5 Å². The zero-order valence-electron chi connectivity index (χ0n) is 9.90. The Bertz CT molecular complexity index is 758. The molecule has 1 aromatic carbocycles. The standard InChI is InChI=1S/C12H8N4O3/c1-15-12(17)9(7-13)6-11(14-15)8-3-2-4-10(5-8)16(18)19/h2-6H,1H3. The zero-order valence-corrected chi connectivity index (χ0v) is 9.90. The van der Waals surface area contributed by atoms with Crippen LogP contribution in [0.4, 0.5) is 5.69 Å². The smallest absolute Gasteiger partial charge is 0.266 e. The quantitative estimate of drug-likeness (QED) is 0.593. The van der Waals surface area contributed by atoms with Crippen LogP contribution in [0, 0.1) is 21.4 Å². The van der Waals surface area contributed by atoms with Crippen molar-refractivity contribution in [3.05, 3.63) is 56.4 Å². The maximum absolute atomic E-state index is 11.5. The van der Waals surface area contributed by atoms with Crippen molar-refractivity contribution < 1.29 is 4.92 Å². The second-order valence-corrected chi connectivity index (χ2v) is 3.79. The molecule has 2 rings (SSSR count). The predicted octanol–water partition coefficient (Wildman–Crippen LogP) is 1.23. The van der Waals surface area contributed by atoms with Gasteiger partial charge in [0.2, 0.25) is 0 Å². The molecule has 0 N–H and O–H groups in total. The van der Waals surface area contributed by atoms with E-state index in [4.69, 9.17) is 5.26 Å². The number of aryl methyl sites for hydroxylation is 1. The van der Waals surface area contributed by atoms with Crippen molar-refractivity contribution >= 4 is 5.69 Å². The minimum atomic E-state index is -0.517. The Morgan fingerprint density at radius 3 is 2.79 bits per heavy atom. The van der Waals surface area contributed by atoms with Crippen molar-refractivity contribution in [1.29, 1.82) is 5.26 Å². The zero-order chi connectivity index (χ0) is 14.0. The molecule has 0 spiro atoms. The number of rotatable bonds is 2. The summed E-state index contributed by atoms with van der Waals surface area (Å²) in [6, 6.07) is 8.94. The first-order valence-corrected chi connectivity index (χ1v) is 5.26. The molecule has 0 unspecified atom stereocenters. The molecule has 1 heterocycles. The predicted molar refractivity (Wildman–Crippen MR) is 66.3 cm³/mol. The molecule has 1 aromatic heterocycles. The van der Waals surface area contributed by atoms with E-state index in [2.05, 4.69) is 5.10 Å². The SMILES string of the molecule is Cn1nc(-c2cccc([N+](=O)[O-])c2)cc(C#N)c1=O. The molecule has 0 aliphatic carbocycles. The maximum atomic E-state index is 11.5. The van der Waals surface area contributed by atoms with Crippen molar-refractivity contribution in [3.63, 3.8) is 0 Å². The Kier molecular flexibility index (Phi) is 3.08. The van der Waals surface area contributed by atoms with Crippen LogP contribution in [0.5, 0.6) is 0 Å². The molecular weight excluding hydrogens is 248 g/mol. The van der Waals surface area contributed by atoms with E-state index in [1.807, 2.05) is 0 Å². The van der Waals surface area contributed by atoms with Gasteiger partial charge in [-0.2, -0.15) is 10.4 Å². The fourth-order valence-corrected chi connectivity index (χ4v) is 1.61. The molecule has 0 fully saturated rings. The molecule has 0 amide bonds. The molecule has 0 aliphatic rings. The number of nitriles is 1. The van der Waals surface area contributed by atoms with Gasteiger partial charge in [0.25, 0.3) is 11.2 Å². The summed E-state index contributed by atoms with van der Waals surface area (Å²) in [7, 11) is 1.42. The number of nitro benzene ring substituents is 1. The van der Waals surface area contributed by atoms with Gasteiger partial charge in [0.05, 0.1) is 10.6 Å². The van der Waals surface area contributed by atoms with Crippen LogP contribution >= 0.6 is 0 Å². The van der Waals surface area contributed by atoms with Crippen LogP contribution in [0.1, 0.15) is 5.56 Å². The van der Waals surface area contributed by atoms with Gasteiger partial charge in [0, 0.05) is 24.7 Å². The van der Waals surface area contributed by atoms with Crippen molar-refractivity contribution in [2.45, 2.75) is 0 Å². The van der Waals surface area contributed by atoms with E-state index >= 15 is 0 Å². The number of benzene rings is 1. The van der Waals surface area contributed by atoms with E-state index in [1.165, 1.54) is 31.3 Å². The molecule has 7 heteroatoms. The van der Waals surface area contributed by atoms with Crippen LogP contribution in [0.3, 0.4) is 0 Å². The molecule has 0 aliphatic heterocycles. The van der Waals surface area contributed by atoms with Gasteiger partial charge in [-0.3, -0.25) is 14.9 Å². The number of nitro groups is 1. The van der Waals surface area contributed by atoms with Crippen molar-refractivity contribution in [3.8, 4) is 17.3 Å². The van der Waals surface area contributed by atoms with Gasteiger partial charge in [-0.15, -0.1) is 0 Å². The van der Waals surface area contributed by atoms with Gasteiger partial charge in [0.1, 0.15) is 11.6 Å². The summed E-state index contributed by atoms with van der Waals surface area (Å²) in [6.45, 7) is 0. The number of nitrogens with zero attached hydrogens (tertiary/aromatic N) is 4. The highest BCUT2D eigenvalue weighted by Gasteiger charge is 2.11. The lowest BCUT2D eigenvalue weighted by Crippen LogP contribution is -2.22. The summed E-state index contributed by atoms with van der Waals surface area (Å²) in [5, 5.41) is 23.5. The minimum absolute atomic E-state index is 0.0565. The first-order chi connectivity index (χ1) is 9.02. The molecule has 0 bridgehead atoms. The second-order valence-electron chi connectivity index (χ2n) is 3.79. The number of non-ortho nitro benzene ring substituents is 1. The number of hydrogen-bond acceptors (Lipinski definition) is 5. The third-order valence-corrected chi connectivity index (χ3v) is 2.54. The Morgan fingerprint density at radius 1 is 1.42 bits per heavy atom. The lowest BCUT2D eigenvalue weighted by Gasteiger charge is -2.03. The Labute approximate surface area is 107 Å². The average Bonchev–Trinajstić information content (AvgIpc) is 2.41. The van der Waals surface area contributed by atoms with Gasteiger partial charge >= 0.3 is 0 Å². The van der Waals surface area contributed by atoms with Crippen LogP contribution in [0.15, 0.2) is 35.1 Å². The average molecular weight is 256 g/mol. The number of hydrogen-bond donors (Lipinski definition) is 0. The van der Waals surface area contributed by atoms with Crippen LogP contribution in [0.25, 0.3) is 11.3 Å². The van der Waals surface area contributed by atoms with E-state index in [1.54, 1.807) is 12.1 Å². The molecule has 2 aromatic rings. The van der Waals surface area contributed by atoms with E-state index in [9.17, 15) is 14.9 Å². The third kappa shape index (κ3) is 2.32. The monoisotopic (exact) mass is 256 g/mol. The highest BCUT2D eigenvalue weighted by molar-refractivity contribution is 5.63. The molecule has 7 nitrogen and oxygen atoms in total. The second kappa shape index (κ2) is 4.70. The van der Waals surface area contributed by atoms with Crippen LogP contribution in [0.2, 0.25) is 0 Å². The summed E-state index contributed by atoms with van der Waals surface area (Å²) in [5.74, 6) is 0. The Morgan fingerprint density at radius 2 is 2.16 bits per heavy atom. The molecule has 0 saturated heterocycles. The van der Waals surface area contributed by atoms with E-state index in [-0.39, 0.29) is 11.3 Å². The fourth-order valence-electron chi connectivity index (χ4n) is 1.61. The van der Waals surface area contributed by atoms with Crippen molar-refractivity contribution in [1.82, 2.24) is 9.78 Å². The van der Waals surface area contributed by atoms with Crippen LogP contribution in [-0.2, 0) is 7.05 Å². The highest BCUT2D eigenvalue weighted by atomic mass is 16.6. The topological polar surface area (TPSA) is 102 Å². The highest BCUT2D eigenvalue weighted by Crippen LogP contribution is 2.21. The summed E-state index contributed by atoms with van der Waals surface area (Å²) in [5.41, 5.74) is 0.172. The van der Waals surface area contributed by atoms with Crippen molar-refractivity contribution in [2.75, 3.05) is 0 Å². The van der Waals surface area contributed by atoms with Crippen molar-refractivity contribution in [2.24, 2.45) is 7.05 Å². The lowest BCUT2D eigenvalue weighted by molar-refractivity contribution is -0.384. The van der Waals surface area contributed by atoms with E-state index in [0.29, 0.717) is 11.3 Å². The van der Waals surface area contributed by atoms with Gasteiger partial charge < -0.3 is 0 Å². The molecule has 0 atom stereocenters. The molecule has 94 valence electrons. The van der Waals surface area contributed by atoms with Crippen LogP contribution < -0.4 is 5.56 Å². The Balaban J connectivity index is 2.63. The molecule has 19 heavy (non-hydrogen) atoms. The summed E-state index contributed by atoms with van der Waals surface area (Å²) >= 11 is 0. The van der Waals surface area contributed by atoms with Crippen LogP contribution in [-0.4, -0.2) is 14.7 Å². The van der Waals surface area contributed by atoms with Gasteiger partial charge in [0.15, 0.2) is 0 Å². The molecule has 0 saturated carbocycles. The van der Waals surface area contributed by atoms with Gasteiger partial charge in [-0.1, -0.05) is 12.1 Å². The lowest BCUT2D eigenvalue weighted by atomic mass is 10.1. The number of aromatic nitrogens is 2. The normalized spacial score (nSPS) is 9.89. The summed E-state index contributed by atoms with van der Waals surface area (Å²) in [6.07, 6.45) is 0. The third-order valence-electron chi connectivity index (χ3n) is 2.54. The summed E-state index contributed by atoms with van der Waals surface area (Å²) < 4.78 is 1.03. The van der Waals surface area contributed by atoms with E-state index in [0.717, 1.165) is 4.68 Å². The first kappa shape index (κ1) is 12.4. The maximum Gasteiger partial charge on any atom is 0.284 e. The minimum Gasteiger partial charge on any atom is -0.266 e. The van der Waals surface area contributed by atoms with Gasteiger partial charge in [-0.05, 0) is 6.07 Å². The molecule has 0 radical (unpaired) electrons. The molecular formula is C12H8N4O3. The van der Waals surface area contributed by atoms with Gasteiger partial charge in [-0.25, -0.2) is 4.68 Å². The first-order valence-electron chi connectivity index (χ1n) is 5.26. The Hall–Kier alpha value is -3.01. The largest absolute Gasteiger partial charge is 0.284 e.